The van der Waals surface area contributed by atoms with Gasteiger partial charge in [-0.15, -0.1) is 0 Å². The molecular weight excluding hydrogens is 259 g/mol. The molecule has 0 heterocycles. The maximum absolute atomic E-state index is 12.4. The van der Waals surface area contributed by atoms with E-state index in [9.17, 15) is 9.46 Å². The molecule has 0 spiro atoms. The van der Waals surface area contributed by atoms with Gasteiger partial charge in [-0.05, 0) is 18.1 Å². The number of rotatable bonds is 5. The van der Waals surface area contributed by atoms with Gasteiger partial charge in [0.25, 0.3) is 0 Å². The second-order valence-electron chi connectivity index (χ2n) is 4.21. The van der Waals surface area contributed by atoms with E-state index in [2.05, 4.69) is 0 Å². The van der Waals surface area contributed by atoms with Crippen molar-refractivity contribution in [1.82, 2.24) is 0 Å². The number of hydrogen-bond donors (Lipinski definition) is 1. The molecule has 0 aliphatic heterocycles. The Bertz CT molecular complexity index is 515. The highest BCUT2D eigenvalue weighted by Gasteiger charge is 2.34. The SMILES string of the molecule is CCOP(=O)(O)C(c1ccccc1)c1ccccc1. The van der Waals surface area contributed by atoms with Crippen LogP contribution in [0.25, 0.3) is 0 Å². The van der Waals surface area contributed by atoms with Crippen molar-refractivity contribution in [3.05, 3.63) is 71.8 Å². The Hall–Kier alpha value is -1.41. The van der Waals surface area contributed by atoms with Gasteiger partial charge < -0.3 is 9.42 Å². The Morgan fingerprint density at radius 2 is 1.42 bits per heavy atom. The third-order valence-corrected chi connectivity index (χ3v) is 4.75. The molecule has 100 valence electrons. The van der Waals surface area contributed by atoms with Crippen molar-refractivity contribution in [1.29, 1.82) is 0 Å². The van der Waals surface area contributed by atoms with Gasteiger partial charge in [0.2, 0.25) is 0 Å². The van der Waals surface area contributed by atoms with Crippen LogP contribution in [0.3, 0.4) is 0 Å². The van der Waals surface area contributed by atoms with Crippen molar-refractivity contribution in [2.45, 2.75) is 12.6 Å². The van der Waals surface area contributed by atoms with Crippen LogP contribution in [0.15, 0.2) is 60.7 Å². The van der Waals surface area contributed by atoms with Gasteiger partial charge in [0.05, 0.1) is 6.61 Å². The van der Waals surface area contributed by atoms with Crippen LogP contribution in [0.5, 0.6) is 0 Å². The van der Waals surface area contributed by atoms with Gasteiger partial charge in [-0.2, -0.15) is 0 Å². The minimum absolute atomic E-state index is 0.212. The summed E-state index contributed by atoms with van der Waals surface area (Å²) < 4.78 is 17.6. The summed E-state index contributed by atoms with van der Waals surface area (Å²) in [6.45, 7) is 1.93. The molecule has 0 bridgehead atoms. The molecule has 1 atom stereocenters. The van der Waals surface area contributed by atoms with Gasteiger partial charge in [-0.1, -0.05) is 60.7 Å². The van der Waals surface area contributed by atoms with Gasteiger partial charge in [-0.25, -0.2) is 0 Å². The molecule has 0 fully saturated rings. The molecule has 0 aliphatic rings. The van der Waals surface area contributed by atoms with E-state index in [4.69, 9.17) is 4.52 Å². The molecule has 0 amide bonds. The summed E-state index contributed by atoms with van der Waals surface area (Å²) in [5.74, 6) is 0. The van der Waals surface area contributed by atoms with E-state index in [1.165, 1.54) is 0 Å². The summed E-state index contributed by atoms with van der Waals surface area (Å²) in [7, 11) is -3.75. The largest absolute Gasteiger partial charge is 0.339 e. The molecular formula is C15H17O3P. The molecule has 0 aromatic heterocycles. The number of hydrogen-bond acceptors (Lipinski definition) is 2. The smallest absolute Gasteiger partial charge is 0.324 e. The van der Waals surface area contributed by atoms with E-state index < -0.39 is 13.3 Å². The van der Waals surface area contributed by atoms with Crippen LogP contribution in [-0.4, -0.2) is 11.5 Å². The molecule has 4 heteroatoms. The summed E-state index contributed by atoms with van der Waals surface area (Å²) in [6, 6.07) is 18.6. The molecule has 1 N–H and O–H groups in total. The summed E-state index contributed by atoms with van der Waals surface area (Å²) in [5.41, 5.74) is 0.927. The fourth-order valence-corrected chi connectivity index (χ4v) is 3.72. The summed E-state index contributed by atoms with van der Waals surface area (Å²) in [4.78, 5) is 10.2. The van der Waals surface area contributed by atoms with E-state index in [0.717, 1.165) is 11.1 Å². The molecule has 2 aromatic rings. The monoisotopic (exact) mass is 276 g/mol. The molecule has 0 saturated heterocycles. The van der Waals surface area contributed by atoms with E-state index in [-0.39, 0.29) is 6.61 Å². The first-order valence-electron chi connectivity index (χ1n) is 6.22. The van der Waals surface area contributed by atoms with Crippen molar-refractivity contribution >= 4 is 7.60 Å². The fraction of sp³-hybridized carbons (Fsp3) is 0.200. The zero-order valence-corrected chi connectivity index (χ0v) is 11.7. The Morgan fingerprint density at radius 3 is 1.79 bits per heavy atom. The second kappa shape index (κ2) is 6.16. The van der Waals surface area contributed by atoms with E-state index in [0.29, 0.717) is 0 Å². The third-order valence-electron chi connectivity index (χ3n) is 2.87. The van der Waals surface area contributed by atoms with Crippen molar-refractivity contribution in [3.63, 3.8) is 0 Å². The van der Waals surface area contributed by atoms with Gasteiger partial charge in [-0.3, -0.25) is 4.57 Å². The van der Waals surface area contributed by atoms with Crippen LogP contribution in [-0.2, 0) is 9.09 Å². The van der Waals surface area contributed by atoms with Gasteiger partial charge >= 0.3 is 7.60 Å². The zero-order chi connectivity index (χ0) is 13.7. The summed E-state index contributed by atoms with van der Waals surface area (Å²) in [6.07, 6.45) is 0. The van der Waals surface area contributed by atoms with Crippen molar-refractivity contribution < 1.29 is 14.0 Å². The van der Waals surface area contributed by atoms with E-state index in [1.54, 1.807) is 6.92 Å². The summed E-state index contributed by atoms with van der Waals surface area (Å²) >= 11 is 0. The van der Waals surface area contributed by atoms with Crippen LogP contribution in [0, 0.1) is 0 Å². The van der Waals surface area contributed by atoms with E-state index >= 15 is 0 Å². The zero-order valence-electron chi connectivity index (χ0n) is 10.8. The minimum atomic E-state index is -3.75. The predicted molar refractivity (Wildman–Crippen MR) is 76.2 cm³/mol. The first kappa shape index (κ1) is 14.0. The van der Waals surface area contributed by atoms with Crippen LogP contribution in [0.2, 0.25) is 0 Å². The standard InChI is InChI=1S/C15H17O3P/c1-2-18-19(16,17)15(13-9-5-3-6-10-13)14-11-7-4-8-12-14/h3-12,15H,2H2,1H3,(H,16,17). The molecule has 0 saturated carbocycles. The highest BCUT2D eigenvalue weighted by molar-refractivity contribution is 7.53. The normalized spacial score (nSPS) is 14.3. The van der Waals surface area contributed by atoms with Crippen LogP contribution in [0.4, 0.5) is 0 Å². The first-order chi connectivity index (χ1) is 9.15. The average molecular weight is 276 g/mol. The van der Waals surface area contributed by atoms with E-state index in [1.807, 2.05) is 60.7 Å². The maximum Gasteiger partial charge on any atom is 0.339 e. The molecule has 2 rings (SSSR count). The molecule has 0 radical (unpaired) electrons. The van der Waals surface area contributed by atoms with Crippen LogP contribution >= 0.6 is 7.60 Å². The lowest BCUT2D eigenvalue weighted by molar-refractivity contribution is 0.268. The van der Waals surface area contributed by atoms with Crippen molar-refractivity contribution in [3.8, 4) is 0 Å². The molecule has 3 nitrogen and oxygen atoms in total. The Balaban J connectivity index is 2.49. The Morgan fingerprint density at radius 1 is 1.00 bits per heavy atom. The summed E-state index contributed by atoms with van der Waals surface area (Å²) in [5, 5.41) is 0. The fourth-order valence-electron chi connectivity index (χ4n) is 2.10. The van der Waals surface area contributed by atoms with Gasteiger partial charge in [0.1, 0.15) is 5.66 Å². The molecule has 0 aliphatic carbocycles. The topological polar surface area (TPSA) is 46.5 Å². The number of benzene rings is 2. The molecule has 2 aromatic carbocycles. The minimum Gasteiger partial charge on any atom is -0.324 e. The Kier molecular flexibility index (Phi) is 4.54. The van der Waals surface area contributed by atoms with Crippen molar-refractivity contribution in [2.75, 3.05) is 6.61 Å². The third kappa shape index (κ3) is 3.32. The lowest BCUT2D eigenvalue weighted by atomic mass is 10.0. The van der Waals surface area contributed by atoms with Crippen LogP contribution < -0.4 is 0 Å². The van der Waals surface area contributed by atoms with Crippen molar-refractivity contribution in [2.24, 2.45) is 0 Å². The lowest BCUT2D eigenvalue weighted by Gasteiger charge is -2.23. The van der Waals surface area contributed by atoms with Crippen LogP contribution in [0.1, 0.15) is 23.7 Å². The maximum atomic E-state index is 12.4. The van der Waals surface area contributed by atoms with Gasteiger partial charge in [0, 0.05) is 0 Å². The quantitative estimate of drug-likeness (QED) is 0.840. The lowest BCUT2D eigenvalue weighted by Crippen LogP contribution is -2.05. The molecule has 1 unspecified atom stereocenters. The second-order valence-corrected chi connectivity index (χ2v) is 6.11. The predicted octanol–water partition coefficient (Wildman–Crippen LogP) is 4.00. The first-order valence-corrected chi connectivity index (χ1v) is 7.86. The highest BCUT2D eigenvalue weighted by atomic mass is 31.2. The average Bonchev–Trinajstić information content (AvgIpc) is 2.41. The Labute approximate surface area is 113 Å². The van der Waals surface area contributed by atoms with Gasteiger partial charge in [0.15, 0.2) is 0 Å². The highest BCUT2D eigenvalue weighted by Crippen LogP contribution is 2.59. The molecule has 19 heavy (non-hydrogen) atoms.